The molecule has 1 fully saturated rings. The van der Waals surface area contributed by atoms with Crippen molar-refractivity contribution in [1.29, 1.82) is 0 Å². The highest BCUT2D eigenvalue weighted by Crippen LogP contribution is 2.31. The lowest BCUT2D eigenvalue weighted by molar-refractivity contribution is -0.123. The maximum Gasteiger partial charge on any atom is 0.337 e. The Morgan fingerprint density at radius 1 is 1.22 bits per heavy atom. The van der Waals surface area contributed by atoms with Gasteiger partial charge in [-0.05, 0) is 48.1 Å². The summed E-state index contributed by atoms with van der Waals surface area (Å²) in [7, 11) is 1.31. The van der Waals surface area contributed by atoms with Gasteiger partial charge >= 0.3 is 5.97 Å². The van der Waals surface area contributed by atoms with Gasteiger partial charge in [-0.2, -0.15) is 5.01 Å². The topological polar surface area (TPSA) is 88.6 Å². The number of nitrogens with zero attached hydrogens (tertiary/aromatic N) is 2. The lowest BCUT2D eigenvalue weighted by atomic mass is 10.1. The van der Waals surface area contributed by atoms with Gasteiger partial charge in [0.05, 0.1) is 23.1 Å². The molecule has 2 aromatic rings. The molecule has 0 aliphatic carbocycles. The molecule has 0 bridgehead atoms. The lowest BCUT2D eigenvalue weighted by Gasteiger charge is -2.15. The highest BCUT2D eigenvalue weighted by molar-refractivity contribution is 8.26. The molecule has 2 amide bonds. The molecule has 1 N–H and O–H groups in total. The summed E-state index contributed by atoms with van der Waals surface area (Å²) in [5.41, 5.74) is 3.91. The average Bonchev–Trinajstić information content (AvgIpc) is 2.96. The highest BCUT2D eigenvalue weighted by atomic mass is 32.2. The number of methoxy groups -OCH3 is 1. The highest BCUT2D eigenvalue weighted by Gasteiger charge is 2.33. The molecule has 1 aromatic heterocycles. The van der Waals surface area contributed by atoms with Crippen LogP contribution in [0.4, 0.5) is 0 Å². The minimum atomic E-state index is -0.483. The molecule has 0 atom stereocenters. The second-order valence-electron chi connectivity index (χ2n) is 5.31. The summed E-state index contributed by atoms with van der Waals surface area (Å²) in [6.07, 6.45) is 4.58. The third-order valence-electron chi connectivity index (χ3n) is 3.56. The zero-order chi connectivity index (χ0) is 19.4. The molecule has 1 aromatic carbocycles. The minimum Gasteiger partial charge on any atom is -0.465 e. The van der Waals surface area contributed by atoms with Crippen molar-refractivity contribution >= 4 is 52.2 Å². The fraction of sp³-hybridized carbons (Fsp3) is 0.0556. The van der Waals surface area contributed by atoms with Gasteiger partial charge in [-0.15, -0.1) is 0 Å². The number of esters is 1. The van der Waals surface area contributed by atoms with Crippen LogP contribution in [-0.4, -0.2) is 39.2 Å². The van der Waals surface area contributed by atoms with Gasteiger partial charge in [0.25, 0.3) is 11.8 Å². The molecule has 1 aliphatic rings. The van der Waals surface area contributed by atoms with Crippen molar-refractivity contribution in [2.45, 2.75) is 0 Å². The molecule has 0 unspecified atom stereocenters. The summed E-state index contributed by atoms with van der Waals surface area (Å²) >= 11 is 6.26. The second kappa shape index (κ2) is 8.11. The fourth-order valence-corrected chi connectivity index (χ4v) is 3.39. The number of benzene rings is 1. The van der Waals surface area contributed by atoms with Crippen LogP contribution in [0.2, 0.25) is 0 Å². The number of hydrogen-bond donors (Lipinski definition) is 1. The Bertz CT molecular complexity index is 943. The van der Waals surface area contributed by atoms with Gasteiger partial charge < -0.3 is 4.74 Å². The van der Waals surface area contributed by atoms with Gasteiger partial charge in [-0.1, -0.05) is 23.9 Å². The summed E-state index contributed by atoms with van der Waals surface area (Å²) in [5, 5.41) is 1.03. The van der Waals surface area contributed by atoms with Crippen molar-refractivity contribution in [2.75, 3.05) is 7.11 Å². The molecule has 136 valence electrons. The molecule has 1 aliphatic heterocycles. The molecule has 2 heterocycles. The van der Waals surface area contributed by atoms with Crippen LogP contribution >= 0.6 is 24.0 Å². The van der Waals surface area contributed by atoms with Crippen LogP contribution in [0.3, 0.4) is 0 Å². The van der Waals surface area contributed by atoms with Crippen LogP contribution in [-0.2, 0) is 9.53 Å². The standard InChI is InChI=1S/C18H13N3O4S2/c1-25-17(24)12-6-4-11(5-7-12)9-14-16(23)21(18(26)27-14)20-15(22)13-3-2-8-19-10-13/h2-10H,1H3,(H,20,22)/b14-9-. The molecule has 7 nitrogen and oxygen atoms in total. The molecular weight excluding hydrogens is 386 g/mol. The number of amides is 2. The van der Waals surface area contributed by atoms with Crippen molar-refractivity contribution in [3.8, 4) is 0 Å². The van der Waals surface area contributed by atoms with Gasteiger partial charge in [-0.25, -0.2) is 4.79 Å². The van der Waals surface area contributed by atoms with E-state index in [1.807, 2.05) is 0 Å². The van der Waals surface area contributed by atoms with Gasteiger partial charge in [0.15, 0.2) is 4.32 Å². The number of aromatic nitrogens is 1. The third kappa shape index (κ3) is 4.21. The average molecular weight is 399 g/mol. The summed E-state index contributed by atoms with van der Waals surface area (Å²) in [6.45, 7) is 0. The number of thioether (sulfide) groups is 1. The molecule has 3 rings (SSSR count). The number of ether oxygens (including phenoxy) is 1. The van der Waals surface area contributed by atoms with Gasteiger partial charge in [0.2, 0.25) is 0 Å². The summed E-state index contributed by atoms with van der Waals surface area (Å²) in [6, 6.07) is 9.78. The van der Waals surface area contributed by atoms with Crippen molar-refractivity contribution in [1.82, 2.24) is 15.4 Å². The molecule has 27 heavy (non-hydrogen) atoms. The predicted octanol–water partition coefficient (Wildman–Crippen LogP) is 2.41. The normalized spacial score (nSPS) is 15.1. The fourth-order valence-electron chi connectivity index (χ4n) is 2.21. The van der Waals surface area contributed by atoms with E-state index in [1.165, 1.54) is 13.3 Å². The molecule has 0 saturated carbocycles. The first-order valence-electron chi connectivity index (χ1n) is 7.67. The van der Waals surface area contributed by atoms with Crippen molar-refractivity contribution in [3.05, 3.63) is 70.4 Å². The molecule has 0 spiro atoms. The van der Waals surface area contributed by atoms with Gasteiger partial charge in [0.1, 0.15) is 0 Å². The van der Waals surface area contributed by atoms with Gasteiger partial charge in [-0.3, -0.25) is 20.0 Å². The van der Waals surface area contributed by atoms with E-state index in [1.54, 1.807) is 48.7 Å². The van der Waals surface area contributed by atoms with E-state index in [0.717, 1.165) is 16.8 Å². The zero-order valence-corrected chi connectivity index (χ0v) is 15.7. The Morgan fingerprint density at radius 3 is 2.59 bits per heavy atom. The number of nitrogens with one attached hydrogen (secondary N) is 1. The van der Waals surface area contributed by atoms with Crippen LogP contribution < -0.4 is 5.43 Å². The van der Waals surface area contributed by atoms with E-state index >= 15 is 0 Å². The van der Waals surface area contributed by atoms with E-state index < -0.39 is 17.8 Å². The van der Waals surface area contributed by atoms with E-state index in [-0.39, 0.29) is 4.32 Å². The van der Waals surface area contributed by atoms with E-state index in [2.05, 4.69) is 15.1 Å². The van der Waals surface area contributed by atoms with Crippen LogP contribution in [0.25, 0.3) is 6.08 Å². The molecule has 0 radical (unpaired) electrons. The first-order chi connectivity index (χ1) is 13.0. The first kappa shape index (κ1) is 18.7. The Labute approximate surface area is 164 Å². The minimum absolute atomic E-state index is 0.217. The van der Waals surface area contributed by atoms with Crippen molar-refractivity contribution < 1.29 is 19.1 Å². The Balaban J connectivity index is 1.74. The number of thiocarbonyl (C=S) groups is 1. The predicted molar refractivity (Wildman–Crippen MR) is 104 cm³/mol. The van der Waals surface area contributed by atoms with Gasteiger partial charge in [0, 0.05) is 12.4 Å². The van der Waals surface area contributed by atoms with Crippen molar-refractivity contribution in [2.24, 2.45) is 0 Å². The Kier molecular flexibility index (Phi) is 5.63. The number of carbonyl (C=O) groups excluding carboxylic acids is 3. The van der Waals surface area contributed by atoms with Crippen molar-refractivity contribution in [3.63, 3.8) is 0 Å². The summed E-state index contributed by atoms with van der Waals surface area (Å²) in [5.74, 6) is -1.35. The number of pyridine rings is 1. The zero-order valence-electron chi connectivity index (χ0n) is 14.0. The maximum atomic E-state index is 12.6. The number of hydrogen-bond acceptors (Lipinski definition) is 7. The first-order valence-corrected chi connectivity index (χ1v) is 8.89. The Morgan fingerprint density at radius 2 is 1.96 bits per heavy atom. The number of hydrazine groups is 1. The lowest BCUT2D eigenvalue weighted by Crippen LogP contribution is -2.44. The van der Waals surface area contributed by atoms with Crippen LogP contribution in [0.1, 0.15) is 26.3 Å². The van der Waals surface area contributed by atoms with Crippen LogP contribution in [0.5, 0.6) is 0 Å². The number of carbonyl (C=O) groups is 3. The summed E-state index contributed by atoms with van der Waals surface area (Å²) < 4.78 is 4.86. The molecular formula is C18H13N3O4S2. The van der Waals surface area contributed by atoms with E-state index in [9.17, 15) is 14.4 Å². The van der Waals surface area contributed by atoms with Crippen LogP contribution in [0.15, 0.2) is 53.7 Å². The quantitative estimate of drug-likeness (QED) is 0.480. The third-order valence-corrected chi connectivity index (χ3v) is 4.86. The largest absolute Gasteiger partial charge is 0.465 e. The molecule has 1 saturated heterocycles. The monoisotopic (exact) mass is 399 g/mol. The van der Waals surface area contributed by atoms with E-state index in [0.29, 0.717) is 21.6 Å². The van der Waals surface area contributed by atoms with E-state index in [4.69, 9.17) is 12.2 Å². The number of rotatable bonds is 4. The summed E-state index contributed by atoms with van der Waals surface area (Å²) in [4.78, 5) is 40.5. The second-order valence-corrected chi connectivity index (χ2v) is 6.99. The maximum absolute atomic E-state index is 12.6. The smallest absolute Gasteiger partial charge is 0.337 e. The molecule has 9 heteroatoms. The Hall–Kier alpha value is -3.04. The van der Waals surface area contributed by atoms with Crippen LogP contribution in [0, 0.1) is 0 Å². The SMILES string of the molecule is COC(=O)c1ccc(/C=C2\SC(=S)N(NC(=O)c3cccnc3)C2=O)cc1.